The number of aromatic nitrogens is 1. The van der Waals surface area contributed by atoms with E-state index in [0.717, 1.165) is 29.9 Å². The van der Waals surface area contributed by atoms with E-state index in [0.29, 0.717) is 5.92 Å². The molecule has 18 heavy (non-hydrogen) atoms. The molecule has 1 N–H and O–H groups in total. The van der Waals surface area contributed by atoms with Crippen LogP contribution in [0.3, 0.4) is 0 Å². The fourth-order valence-corrected chi connectivity index (χ4v) is 3.01. The SMILES string of the molecule is C=CCOC(=O)N1CCC(c2csc(=S)[nH]2)CC1. The average Bonchev–Trinajstić information content (AvgIpc) is 2.83. The lowest BCUT2D eigenvalue weighted by atomic mass is 9.94. The van der Waals surface area contributed by atoms with Crippen LogP contribution in [0.25, 0.3) is 0 Å². The largest absolute Gasteiger partial charge is 0.445 e. The number of hydrogen-bond donors (Lipinski definition) is 1. The second-order valence-electron chi connectivity index (χ2n) is 4.23. The van der Waals surface area contributed by atoms with E-state index < -0.39 is 0 Å². The summed E-state index contributed by atoms with van der Waals surface area (Å²) in [5.41, 5.74) is 1.20. The van der Waals surface area contributed by atoms with Crippen LogP contribution in [0.5, 0.6) is 0 Å². The van der Waals surface area contributed by atoms with Crippen LogP contribution >= 0.6 is 23.6 Å². The van der Waals surface area contributed by atoms with Crippen LogP contribution in [0.15, 0.2) is 18.0 Å². The van der Waals surface area contributed by atoms with Crippen molar-refractivity contribution in [1.29, 1.82) is 0 Å². The van der Waals surface area contributed by atoms with E-state index in [4.69, 9.17) is 17.0 Å². The normalized spacial score (nSPS) is 16.6. The number of thiazole rings is 1. The maximum atomic E-state index is 11.6. The molecule has 1 aromatic heterocycles. The summed E-state index contributed by atoms with van der Waals surface area (Å²) in [7, 11) is 0. The van der Waals surface area contributed by atoms with Gasteiger partial charge in [-0.05, 0) is 25.1 Å². The number of H-pyrrole nitrogens is 1. The smallest absolute Gasteiger partial charge is 0.410 e. The predicted molar refractivity (Wildman–Crippen MR) is 74.6 cm³/mol. The molecule has 2 heterocycles. The van der Waals surface area contributed by atoms with Crippen molar-refractivity contribution in [2.45, 2.75) is 18.8 Å². The van der Waals surface area contributed by atoms with Crippen molar-refractivity contribution in [1.82, 2.24) is 9.88 Å². The van der Waals surface area contributed by atoms with Gasteiger partial charge in [0.1, 0.15) is 6.61 Å². The molecule has 0 aromatic carbocycles. The quantitative estimate of drug-likeness (QED) is 0.684. The first-order chi connectivity index (χ1) is 8.70. The fraction of sp³-hybridized carbons (Fsp3) is 0.500. The molecule has 1 aliphatic rings. The summed E-state index contributed by atoms with van der Waals surface area (Å²) >= 11 is 6.64. The van der Waals surface area contributed by atoms with Crippen molar-refractivity contribution >= 4 is 29.6 Å². The zero-order chi connectivity index (χ0) is 13.0. The Kier molecular flexibility index (Phi) is 4.54. The van der Waals surface area contributed by atoms with Crippen LogP contribution in [0.1, 0.15) is 24.5 Å². The summed E-state index contributed by atoms with van der Waals surface area (Å²) in [6, 6.07) is 0. The molecule has 0 unspecified atom stereocenters. The minimum absolute atomic E-state index is 0.244. The zero-order valence-corrected chi connectivity index (χ0v) is 11.7. The third-order valence-electron chi connectivity index (χ3n) is 3.06. The van der Waals surface area contributed by atoms with Gasteiger partial charge in [-0.2, -0.15) is 0 Å². The van der Waals surface area contributed by atoms with E-state index in [1.807, 2.05) is 0 Å². The van der Waals surface area contributed by atoms with Gasteiger partial charge in [-0.15, -0.1) is 11.3 Å². The van der Waals surface area contributed by atoms with Crippen molar-refractivity contribution in [3.8, 4) is 0 Å². The van der Waals surface area contributed by atoms with Crippen molar-refractivity contribution in [3.05, 3.63) is 27.7 Å². The maximum absolute atomic E-state index is 11.6. The lowest BCUT2D eigenvalue weighted by Crippen LogP contribution is -2.38. The number of likely N-dealkylation sites (tertiary alicyclic amines) is 1. The van der Waals surface area contributed by atoms with E-state index in [1.165, 1.54) is 5.69 Å². The molecular formula is C12H16N2O2S2. The number of rotatable bonds is 3. The Labute approximate surface area is 115 Å². The van der Waals surface area contributed by atoms with Crippen LogP contribution in [0.2, 0.25) is 0 Å². The number of amides is 1. The molecule has 0 aliphatic carbocycles. The first-order valence-electron chi connectivity index (χ1n) is 5.91. The molecule has 0 bridgehead atoms. The summed E-state index contributed by atoms with van der Waals surface area (Å²) in [6.07, 6.45) is 3.23. The highest BCUT2D eigenvalue weighted by atomic mass is 32.1. The topological polar surface area (TPSA) is 45.3 Å². The molecule has 1 aromatic rings. The van der Waals surface area contributed by atoms with Crippen molar-refractivity contribution in [3.63, 3.8) is 0 Å². The highest BCUT2D eigenvalue weighted by molar-refractivity contribution is 7.73. The zero-order valence-electron chi connectivity index (χ0n) is 10.1. The first-order valence-corrected chi connectivity index (χ1v) is 7.20. The highest BCUT2D eigenvalue weighted by Crippen LogP contribution is 2.28. The van der Waals surface area contributed by atoms with E-state index >= 15 is 0 Å². The monoisotopic (exact) mass is 284 g/mol. The standard InChI is InChI=1S/C12H16N2O2S2/c1-2-7-16-12(15)14-5-3-9(4-6-14)10-8-18-11(17)13-10/h2,8-9H,1,3-7H2,(H,13,17). The van der Waals surface area contributed by atoms with Crippen LogP contribution in [-0.4, -0.2) is 35.7 Å². The van der Waals surface area contributed by atoms with Gasteiger partial charge >= 0.3 is 6.09 Å². The van der Waals surface area contributed by atoms with Crippen LogP contribution in [0.4, 0.5) is 4.79 Å². The second kappa shape index (κ2) is 6.15. The molecule has 98 valence electrons. The maximum Gasteiger partial charge on any atom is 0.410 e. The fourth-order valence-electron chi connectivity index (χ4n) is 2.09. The molecule has 0 spiro atoms. The molecule has 1 saturated heterocycles. The summed E-state index contributed by atoms with van der Waals surface area (Å²) in [5.74, 6) is 0.474. The van der Waals surface area contributed by atoms with E-state index in [2.05, 4.69) is 16.9 Å². The number of carbonyl (C=O) groups is 1. The van der Waals surface area contributed by atoms with Crippen LogP contribution < -0.4 is 0 Å². The highest BCUT2D eigenvalue weighted by Gasteiger charge is 2.25. The van der Waals surface area contributed by atoms with Gasteiger partial charge in [0.2, 0.25) is 0 Å². The second-order valence-corrected chi connectivity index (χ2v) is 5.78. The van der Waals surface area contributed by atoms with Gasteiger partial charge in [0.15, 0.2) is 3.95 Å². The van der Waals surface area contributed by atoms with Crippen LogP contribution in [0, 0.1) is 3.95 Å². The lowest BCUT2D eigenvalue weighted by molar-refractivity contribution is 0.102. The molecule has 0 radical (unpaired) electrons. The summed E-state index contributed by atoms with van der Waals surface area (Å²) in [5, 5.41) is 2.08. The van der Waals surface area contributed by atoms with Crippen molar-refractivity contribution < 1.29 is 9.53 Å². The van der Waals surface area contributed by atoms with Gasteiger partial charge in [0.25, 0.3) is 0 Å². The van der Waals surface area contributed by atoms with E-state index in [-0.39, 0.29) is 12.7 Å². The minimum Gasteiger partial charge on any atom is -0.445 e. The number of hydrogen-bond acceptors (Lipinski definition) is 4. The Morgan fingerprint density at radius 2 is 2.39 bits per heavy atom. The molecule has 1 aliphatic heterocycles. The summed E-state index contributed by atoms with van der Waals surface area (Å²) in [6.45, 7) is 5.26. The Bertz CT molecular complexity index is 472. The van der Waals surface area contributed by atoms with Gasteiger partial charge in [-0.25, -0.2) is 4.79 Å². The lowest BCUT2D eigenvalue weighted by Gasteiger charge is -2.30. The molecule has 0 saturated carbocycles. The van der Waals surface area contributed by atoms with Gasteiger partial charge in [0.05, 0.1) is 0 Å². The molecule has 0 atom stereocenters. The third-order valence-corrected chi connectivity index (χ3v) is 4.14. The number of ether oxygens (including phenoxy) is 1. The van der Waals surface area contributed by atoms with Gasteiger partial charge in [-0.3, -0.25) is 0 Å². The Morgan fingerprint density at radius 1 is 1.67 bits per heavy atom. The summed E-state index contributed by atoms with van der Waals surface area (Å²) < 4.78 is 5.84. The summed E-state index contributed by atoms with van der Waals surface area (Å²) in [4.78, 5) is 16.6. The number of nitrogens with zero attached hydrogens (tertiary/aromatic N) is 1. The van der Waals surface area contributed by atoms with Gasteiger partial charge < -0.3 is 14.6 Å². The average molecular weight is 284 g/mol. The number of piperidine rings is 1. The van der Waals surface area contributed by atoms with Crippen molar-refractivity contribution in [2.24, 2.45) is 0 Å². The molecule has 1 amide bonds. The third kappa shape index (κ3) is 3.20. The minimum atomic E-state index is -0.244. The number of carbonyl (C=O) groups excluding carboxylic acids is 1. The van der Waals surface area contributed by atoms with Crippen LogP contribution in [-0.2, 0) is 4.74 Å². The molecule has 2 rings (SSSR count). The molecule has 4 nitrogen and oxygen atoms in total. The first kappa shape index (κ1) is 13.3. The predicted octanol–water partition coefficient (Wildman–Crippen LogP) is 3.31. The van der Waals surface area contributed by atoms with E-state index in [1.54, 1.807) is 22.3 Å². The number of aromatic amines is 1. The Morgan fingerprint density at radius 3 is 2.94 bits per heavy atom. The number of nitrogens with one attached hydrogen (secondary N) is 1. The Hall–Kier alpha value is -1.14. The molecule has 1 fully saturated rings. The Balaban J connectivity index is 1.86. The molecular weight excluding hydrogens is 268 g/mol. The van der Waals surface area contributed by atoms with Gasteiger partial charge in [-0.1, -0.05) is 12.7 Å². The van der Waals surface area contributed by atoms with E-state index in [9.17, 15) is 4.79 Å². The molecule has 6 heteroatoms. The van der Waals surface area contributed by atoms with Crippen molar-refractivity contribution in [2.75, 3.05) is 19.7 Å². The van der Waals surface area contributed by atoms with Gasteiger partial charge in [0, 0.05) is 30.1 Å².